The molecule has 0 bridgehead atoms. The maximum Gasteiger partial charge on any atom is 0.152 e. The van der Waals surface area contributed by atoms with Gasteiger partial charge in [0.15, 0.2) is 5.82 Å². The molecule has 112 valence electrons. The Morgan fingerprint density at radius 3 is 2.75 bits per heavy atom. The molecular weight excluding hydrogens is 254 g/mol. The minimum absolute atomic E-state index is 0.189. The van der Waals surface area contributed by atoms with Gasteiger partial charge in [-0.25, -0.2) is 9.67 Å². The summed E-state index contributed by atoms with van der Waals surface area (Å²) in [5.74, 6) is 2.13. The summed E-state index contributed by atoms with van der Waals surface area (Å²) in [6.07, 6.45) is 3.05. The summed E-state index contributed by atoms with van der Waals surface area (Å²) in [6.45, 7) is 6.77. The van der Waals surface area contributed by atoms with Gasteiger partial charge in [0.05, 0.1) is 6.61 Å². The first-order chi connectivity index (χ1) is 9.76. The van der Waals surface area contributed by atoms with Crippen molar-refractivity contribution in [3.05, 3.63) is 11.6 Å². The molecule has 2 aliphatic heterocycles. The number of nitrogens with zero attached hydrogens (tertiary/aromatic N) is 5. The van der Waals surface area contributed by atoms with E-state index in [0.29, 0.717) is 0 Å². The first kappa shape index (κ1) is 14.0. The van der Waals surface area contributed by atoms with E-state index in [1.165, 1.54) is 0 Å². The second-order valence-corrected chi connectivity index (χ2v) is 6.03. The molecule has 3 rings (SSSR count). The van der Waals surface area contributed by atoms with E-state index >= 15 is 0 Å². The van der Waals surface area contributed by atoms with E-state index in [0.717, 1.165) is 70.2 Å². The van der Waals surface area contributed by atoms with Crippen molar-refractivity contribution in [3.8, 4) is 0 Å². The number of hydrogen-bond donors (Lipinski definition) is 1. The molecule has 1 aromatic heterocycles. The molecule has 0 amide bonds. The highest BCUT2D eigenvalue weighted by molar-refractivity contribution is 5.03. The van der Waals surface area contributed by atoms with Crippen molar-refractivity contribution in [2.45, 2.75) is 31.7 Å². The van der Waals surface area contributed by atoms with Gasteiger partial charge in [0, 0.05) is 51.6 Å². The summed E-state index contributed by atoms with van der Waals surface area (Å²) < 4.78 is 2.00. The number of fused-ring (bicyclic) bond motifs is 1. The SMILES string of the molecule is CN1CCN(CCc2nc3n(n2)CCCC3CO)CC1. The van der Waals surface area contributed by atoms with Crippen LogP contribution in [0.15, 0.2) is 0 Å². The molecule has 1 unspecified atom stereocenters. The van der Waals surface area contributed by atoms with Crippen LogP contribution in [0.1, 0.15) is 30.4 Å². The zero-order valence-corrected chi connectivity index (χ0v) is 12.3. The Balaban J connectivity index is 1.57. The molecule has 0 saturated carbocycles. The smallest absolute Gasteiger partial charge is 0.152 e. The zero-order valence-electron chi connectivity index (χ0n) is 12.3. The average Bonchev–Trinajstić information content (AvgIpc) is 2.89. The molecule has 20 heavy (non-hydrogen) atoms. The predicted octanol–water partition coefficient (Wildman–Crippen LogP) is -0.0623. The number of aliphatic hydroxyl groups is 1. The summed E-state index contributed by atoms with van der Waals surface area (Å²) in [7, 11) is 2.18. The molecule has 1 aromatic rings. The Labute approximate surface area is 120 Å². The van der Waals surface area contributed by atoms with E-state index < -0.39 is 0 Å². The van der Waals surface area contributed by atoms with Crippen molar-refractivity contribution in [1.82, 2.24) is 24.6 Å². The van der Waals surface area contributed by atoms with Crippen molar-refractivity contribution in [2.24, 2.45) is 0 Å². The number of rotatable bonds is 4. The highest BCUT2D eigenvalue weighted by atomic mass is 16.3. The third-order valence-corrected chi connectivity index (χ3v) is 4.50. The lowest BCUT2D eigenvalue weighted by Gasteiger charge is -2.31. The quantitative estimate of drug-likeness (QED) is 0.836. The van der Waals surface area contributed by atoms with Crippen LogP contribution in [0.4, 0.5) is 0 Å². The number of aromatic nitrogens is 3. The second-order valence-electron chi connectivity index (χ2n) is 6.03. The van der Waals surface area contributed by atoms with Crippen LogP contribution < -0.4 is 0 Å². The fourth-order valence-electron chi connectivity index (χ4n) is 3.09. The van der Waals surface area contributed by atoms with Gasteiger partial charge in [0.2, 0.25) is 0 Å². The Bertz CT molecular complexity index is 439. The molecule has 1 N–H and O–H groups in total. The van der Waals surface area contributed by atoms with E-state index in [2.05, 4.69) is 26.9 Å². The van der Waals surface area contributed by atoms with Crippen LogP contribution in [-0.2, 0) is 13.0 Å². The van der Waals surface area contributed by atoms with Crippen molar-refractivity contribution >= 4 is 0 Å². The molecular formula is C14H25N5O. The van der Waals surface area contributed by atoms with Crippen molar-refractivity contribution in [1.29, 1.82) is 0 Å². The minimum atomic E-state index is 0.189. The fourth-order valence-corrected chi connectivity index (χ4v) is 3.09. The van der Waals surface area contributed by atoms with Crippen LogP contribution >= 0.6 is 0 Å². The lowest BCUT2D eigenvalue weighted by Crippen LogP contribution is -2.45. The molecule has 0 spiro atoms. The fraction of sp³-hybridized carbons (Fsp3) is 0.857. The summed E-state index contributed by atoms with van der Waals surface area (Å²) in [4.78, 5) is 9.52. The summed E-state index contributed by atoms with van der Waals surface area (Å²) in [5.41, 5.74) is 0. The normalized spacial score (nSPS) is 24.8. The average molecular weight is 279 g/mol. The number of piperazine rings is 1. The molecule has 6 heteroatoms. The second kappa shape index (κ2) is 6.20. The van der Waals surface area contributed by atoms with E-state index in [-0.39, 0.29) is 12.5 Å². The van der Waals surface area contributed by atoms with Crippen LogP contribution in [0.5, 0.6) is 0 Å². The van der Waals surface area contributed by atoms with E-state index in [1.54, 1.807) is 0 Å². The predicted molar refractivity (Wildman–Crippen MR) is 76.7 cm³/mol. The van der Waals surface area contributed by atoms with Gasteiger partial charge in [-0.3, -0.25) is 0 Å². The first-order valence-electron chi connectivity index (χ1n) is 7.71. The maximum absolute atomic E-state index is 9.41. The molecule has 2 aliphatic rings. The van der Waals surface area contributed by atoms with Crippen LogP contribution in [0.3, 0.4) is 0 Å². The molecule has 6 nitrogen and oxygen atoms in total. The van der Waals surface area contributed by atoms with E-state index in [4.69, 9.17) is 0 Å². The van der Waals surface area contributed by atoms with Crippen LogP contribution in [0, 0.1) is 0 Å². The molecule has 1 fully saturated rings. The maximum atomic E-state index is 9.41. The Hall–Kier alpha value is -0.980. The van der Waals surface area contributed by atoms with Gasteiger partial charge in [0.1, 0.15) is 5.82 Å². The first-order valence-corrected chi connectivity index (χ1v) is 7.71. The van der Waals surface area contributed by atoms with Gasteiger partial charge in [-0.15, -0.1) is 0 Å². The Morgan fingerprint density at radius 2 is 2.00 bits per heavy atom. The number of aliphatic hydroxyl groups excluding tert-OH is 1. The topological polar surface area (TPSA) is 57.4 Å². The molecule has 0 aromatic carbocycles. The molecule has 3 heterocycles. The lowest BCUT2D eigenvalue weighted by atomic mass is 10.0. The van der Waals surface area contributed by atoms with Crippen molar-refractivity contribution in [3.63, 3.8) is 0 Å². The number of aryl methyl sites for hydroxylation is 1. The minimum Gasteiger partial charge on any atom is -0.396 e. The lowest BCUT2D eigenvalue weighted by molar-refractivity contribution is 0.155. The van der Waals surface area contributed by atoms with Crippen molar-refractivity contribution < 1.29 is 5.11 Å². The van der Waals surface area contributed by atoms with Gasteiger partial charge in [-0.05, 0) is 19.9 Å². The van der Waals surface area contributed by atoms with Crippen LogP contribution in [0.25, 0.3) is 0 Å². The Kier molecular flexibility index (Phi) is 4.33. The van der Waals surface area contributed by atoms with Gasteiger partial charge < -0.3 is 14.9 Å². The van der Waals surface area contributed by atoms with Crippen LogP contribution in [-0.4, -0.2) is 76.0 Å². The highest BCUT2D eigenvalue weighted by Crippen LogP contribution is 2.24. The van der Waals surface area contributed by atoms with Gasteiger partial charge in [-0.1, -0.05) is 0 Å². The van der Waals surface area contributed by atoms with Crippen LogP contribution in [0.2, 0.25) is 0 Å². The third-order valence-electron chi connectivity index (χ3n) is 4.50. The highest BCUT2D eigenvalue weighted by Gasteiger charge is 2.23. The van der Waals surface area contributed by atoms with E-state index in [1.807, 2.05) is 4.68 Å². The summed E-state index contributed by atoms with van der Waals surface area (Å²) >= 11 is 0. The number of likely N-dealkylation sites (N-methyl/N-ethyl adjacent to an activating group) is 1. The zero-order chi connectivity index (χ0) is 13.9. The summed E-state index contributed by atoms with van der Waals surface area (Å²) in [5, 5.41) is 14.0. The standard InChI is InChI=1S/C14H25N5O/c1-17-7-9-18(10-8-17)6-4-13-15-14-12(11-20)3-2-5-19(14)16-13/h12,20H,2-11H2,1H3. The van der Waals surface area contributed by atoms with Crippen molar-refractivity contribution in [2.75, 3.05) is 46.4 Å². The largest absolute Gasteiger partial charge is 0.396 e. The molecule has 0 aliphatic carbocycles. The monoisotopic (exact) mass is 279 g/mol. The van der Waals surface area contributed by atoms with Gasteiger partial charge in [-0.2, -0.15) is 5.10 Å². The molecule has 1 saturated heterocycles. The van der Waals surface area contributed by atoms with Gasteiger partial charge in [0.25, 0.3) is 0 Å². The summed E-state index contributed by atoms with van der Waals surface area (Å²) in [6, 6.07) is 0. The third kappa shape index (κ3) is 3.02. The number of hydrogen-bond acceptors (Lipinski definition) is 5. The Morgan fingerprint density at radius 1 is 1.20 bits per heavy atom. The van der Waals surface area contributed by atoms with E-state index in [9.17, 15) is 5.11 Å². The molecule has 0 radical (unpaired) electrons. The van der Waals surface area contributed by atoms with Gasteiger partial charge >= 0.3 is 0 Å². The molecule has 1 atom stereocenters.